The molecule has 1 spiro atoms. The van der Waals surface area contributed by atoms with E-state index in [-0.39, 0.29) is 17.6 Å². The lowest BCUT2D eigenvalue weighted by Crippen LogP contribution is -2.57. The predicted molar refractivity (Wildman–Crippen MR) is 102 cm³/mol. The second kappa shape index (κ2) is 7.30. The highest BCUT2D eigenvalue weighted by Crippen LogP contribution is 2.41. The molecule has 0 N–H and O–H groups in total. The molecular weight excluding hydrogens is 359 g/mol. The minimum atomic E-state index is -0.577. The molecule has 0 aliphatic carbocycles. The quantitative estimate of drug-likeness (QED) is 0.801. The fraction of sp³-hybridized carbons (Fsp3) is 0.429. The van der Waals surface area contributed by atoms with Gasteiger partial charge in [0.05, 0.1) is 11.0 Å². The van der Waals surface area contributed by atoms with E-state index in [4.69, 9.17) is 0 Å². The van der Waals surface area contributed by atoms with Crippen LogP contribution in [0.25, 0.3) is 0 Å². The van der Waals surface area contributed by atoms with Gasteiger partial charge in [-0.25, -0.2) is 14.4 Å². The van der Waals surface area contributed by atoms with Gasteiger partial charge in [-0.1, -0.05) is 0 Å². The van der Waals surface area contributed by atoms with Gasteiger partial charge in [-0.3, -0.25) is 9.59 Å². The van der Waals surface area contributed by atoms with Crippen molar-refractivity contribution in [2.24, 2.45) is 5.41 Å². The van der Waals surface area contributed by atoms with Gasteiger partial charge in [-0.15, -0.1) is 0 Å². The van der Waals surface area contributed by atoms with E-state index in [2.05, 4.69) is 9.97 Å². The molecule has 1 aromatic heterocycles. The van der Waals surface area contributed by atoms with Crippen LogP contribution in [-0.4, -0.2) is 46.3 Å². The zero-order valence-electron chi connectivity index (χ0n) is 15.9. The number of nitrogens with zero attached hydrogens (tertiary/aromatic N) is 4. The molecule has 2 fully saturated rings. The predicted octanol–water partition coefficient (Wildman–Crippen LogP) is 2.97. The maximum Gasteiger partial charge on any atom is 0.257 e. The Hall–Kier alpha value is -2.83. The van der Waals surface area contributed by atoms with Crippen molar-refractivity contribution in [3.05, 3.63) is 53.9 Å². The first-order valence-electron chi connectivity index (χ1n) is 9.64. The first-order chi connectivity index (χ1) is 13.5. The summed E-state index contributed by atoms with van der Waals surface area (Å²) in [4.78, 5) is 38.0. The summed E-state index contributed by atoms with van der Waals surface area (Å²) in [5.41, 5.74) is 0.577. The number of halogens is 1. The van der Waals surface area contributed by atoms with Crippen molar-refractivity contribution in [3.8, 4) is 0 Å². The molecule has 0 saturated carbocycles. The topological polar surface area (TPSA) is 66.4 Å². The van der Waals surface area contributed by atoms with Crippen molar-refractivity contribution in [2.75, 3.05) is 24.5 Å². The minimum Gasteiger partial charge on any atom is -0.337 e. The number of amides is 2. The van der Waals surface area contributed by atoms with Crippen LogP contribution in [0.3, 0.4) is 0 Å². The van der Waals surface area contributed by atoms with Gasteiger partial charge in [-0.2, -0.15) is 0 Å². The van der Waals surface area contributed by atoms with Crippen molar-refractivity contribution >= 4 is 17.5 Å². The van der Waals surface area contributed by atoms with Gasteiger partial charge in [0.15, 0.2) is 0 Å². The van der Waals surface area contributed by atoms with Gasteiger partial charge in [0, 0.05) is 37.7 Å². The Labute approximate surface area is 163 Å². The van der Waals surface area contributed by atoms with Crippen LogP contribution in [0.4, 0.5) is 10.1 Å². The number of aromatic nitrogens is 2. The summed E-state index contributed by atoms with van der Waals surface area (Å²) >= 11 is 0. The number of carbonyl (C=O) groups is 2. The minimum absolute atomic E-state index is 0.0306. The van der Waals surface area contributed by atoms with Crippen LogP contribution in [0.2, 0.25) is 0 Å². The Balaban J connectivity index is 1.56. The van der Waals surface area contributed by atoms with Gasteiger partial charge < -0.3 is 9.80 Å². The average molecular weight is 382 g/mol. The third kappa shape index (κ3) is 3.37. The molecule has 1 aromatic carbocycles. The van der Waals surface area contributed by atoms with Crippen LogP contribution in [0.15, 0.2) is 36.7 Å². The molecule has 2 aromatic rings. The number of anilines is 1. The average Bonchev–Trinajstić information content (AvgIpc) is 2.71. The van der Waals surface area contributed by atoms with Crippen LogP contribution in [0.5, 0.6) is 0 Å². The second-order valence-electron chi connectivity index (χ2n) is 7.67. The van der Waals surface area contributed by atoms with Crippen molar-refractivity contribution in [1.82, 2.24) is 14.9 Å². The molecule has 2 aliphatic rings. The molecule has 4 rings (SSSR count). The first kappa shape index (κ1) is 18.5. The van der Waals surface area contributed by atoms with E-state index in [0.29, 0.717) is 36.7 Å². The Morgan fingerprint density at radius 1 is 1.07 bits per heavy atom. The van der Waals surface area contributed by atoms with Crippen LogP contribution < -0.4 is 4.90 Å². The fourth-order valence-electron chi connectivity index (χ4n) is 4.31. The SMILES string of the molecule is Cc1ncc(C(=O)N2CCCC3(CCCN(c4ccc(F)cc4)C3=O)C2)cn1. The summed E-state index contributed by atoms with van der Waals surface area (Å²) in [6.45, 7) is 3.41. The molecule has 3 heterocycles. The number of piperidine rings is 2. The number of likely N-dealkylation sites (tertiary alicyclic amines) is 1. The molecule has 6 nitrogen and oxygen atoms in total. The Morgan fingerprint density at radius 3 is 2.39 bits per heavy atom. The monoisotopic (exact) mass is 382 g/mol. The van der Waals surface area contributed by atoms with Crippen LogP contribution in [0, 0.1) is 18.2 Å². The Morgan fingerprint density at radius 2 is 1.71 bits per heavy atom. The third-order valence-corrected chi connectivity index (χ3v) is 5.77. The summed E-state index contributed by atoms with van der Waals surface area (Å²) in [5.74, 6) is 0.190. The normalized spacial score (nSPS) is 22.6. The number of benzene rings is 1. The largest absolute Gasteiger partial charge is 0.337 e. The highest BCUT2D eigenvalue weighted by atomic mass is 19.1. The van der Waals surface area contributed by atoms with E-state index < -0.39 is 5.41 Å². The lowest BCUT2D eigenvalue weighted by Gasteiger charge is -2.47. The van der Waals surface area contributed by atoms with Gasteiger partial charge in [0.2, 0.25) is 5.91 Å². The number of hydrogen-bond donors (Lipinski definition) is 0. The molecule has 2 aliphatic heterocycles. The fourth-order valence-corrected chi connectivity index (χ4v) is 4.31. The van der Waals surface area contributed by atoms with E-state index in [0.717, 1.165) is 25.7 Å². The number of rotatable bonds is 2. The molecule has 2 saturated heterocycles. The van der Waals surface area contributed by atoms with Gasteiger partial charge >= 0.3 is 0 Å². The van der Waals surface area contributed by atoms with Crippen LogP contribution >= 0.6 is 0 Å². The number of hydrogen-bond acceptors (Lipinski definition) is 4. The Kier molecular flexibility index (Phi) is 4.83. The zero-order valence-corrected chi connectivity index (χ0v) is 15.9. The Bertz CT molecular complexity index is 880. The van der Waals surface area contributed by atoms with Crippen molar-refractivity contribution < 1.29 is 14.0 Å². The molecule has 0 radical (unpaired) electrons. The molecule has 7 heteroatoms. The zero-order chi connectivity index (χ0) is 19.7. The summed E-state index contributed by atoms with van der Waals surface area (Å²) in [6.07, 6.45) is 6.24. The van der Waals surface area contributed by atoms with Crippen molar-refractivity contribution in [3.63, 3.8) is 0 Å². The van der Waals surface area contributed by atoms with Gasteiger partial charge in [-0.05, 0) is 56.9 Å². The number of aryl methyl sites for hydroxylation is 1. The van der Waals surface area contributed by atoms with Crippen molar-refractivity contribution in [2.45, 2.75) is 32.6 Å². The molecule has 146 valence electrons. The summed E-state index contributed by atoms with van der Waals surface area (Å²) < 4.78 is 13.3. The molecule has 0 bridgehead atoms. The molecular formula is C21H23FN4O2. The van der Waals surface area contributed by atoms with Crippen LogP contribution in [-0.2, 0) is 4.79 Å². The summed E-state index contributed by atoms with van der Waals surface area (Å²) in [7, 11) is 0. The highest BCUT2D eigenvalue weighted by molar-refractivity contribution is 6.00. The first-order valence-corrected chi connectivity index (χ1v) is 9.64. The lowest BCUT2D eigenvalue weighted by atomic mass is 9.72. The maximum absolute atomic E-state index is 13.4. The summed E-state index contributed by atoms with van der Waals surface area (Å²) in [6, 6.07) is 6.03. The van der Waals surface area contributed by atoms with E-state index >= 15 is 0 Å². The smallest absolute Gasteiger partial charge is 0.257 e. The van der Waals surface area contributed by atoms with Gasteiger partial charge in [0.25, 0.3) is 5.91 Å². The number of carbonyl (C=O) groups excluding carboxylic acids is 2. The van der Waals surface area contributed by atoms with Crippen molar-refractivity contribution in [1.29, 1.82) is 0 Å². The molecule has 1 atom stereocenters. The summed E-state index contributed by atoms with van der Waals surface area (Å²) in [5, 5.41) is 0. The van der Waals surface area contributed by atoms with Crippen LogP contribution in [0.1, 0.15) is 41.9 Å². The lowest BCUT2D eigenvalue weighted by molar-refractivity contribution is -0.133. The standard InChI is InChI=1S/C21H23FN4O2/c1-15-23-12-16(13-24-15)19(27)25-10-2-8-21(14-25)9-3-11-26(20(21)28)18-6-4-17(22)5-7-18/h4-7,12-13H,2-3,8-11,14H2,1H3. The molecule has 1 unspecified atom stereocenters. The van der Waals surface area contributed by atoms with E-state index in [1.54, 1.807) is 41.2 Å². The molecule has 2 amide bonds. The third-order valence-electron chi connectivity index (χ3n) is 5.77. The maximum atomic E-state index is 13.4. The van der Waals surface area contributed by atoms with E-state index in [1.807, 2.05) is 0 Å². The molecule has 28 heavy (non-hydrogen) atoms. The second-order valence-corrected chi connectivity index (χ2v) is 7.67. The highest BCUT2D eigenvalue weighted by Gasteiger charge is 2.47. The van der Waals surface area contributed by atoms with E-state index in [1.165, 1.54) is 12.1 Å². The van der Waals surface area contributed by atoms with E-state index in [9.17, 15) is 14.0 Å². The van der Waals surface area contributed by atoms with Gasteiger partial charge in [0.1, 0.15) is 11.6 Å².